The van der Waals surface area contributed by atoms with Crippen molar-refractivity contribution in [1.82, 2.24) is 15.5 Å². The van der Waals surface area contributed by atoms with E-state index >= 15 is 0 Å². The third kappa shape index (κ3) is 6.74. The first kappa shape index (κ1) is 15.2. The second kappa shape index (κ2) is 10.1. The summed E-state index contributed by atoms with van der Waals surface area (Å²) < 4.78 is 5.21. The average Bonchev–Trinajstić information content (AvgIpc) is 2.83. The van der Waals surface area contributed by atoms with Gasteiger partial charge >= 0.3 is 0 Å². The van der Waals surface area contributed by atoms with Crippen LogP contribution in [0.5, 0.6) is 0 Å². The molecule has 0 spiro atoms. The van der Waals surface area contributed by atoms with E-state index < -0.39 is 0 Å². The largest absolute Gasteiger partial charge is 0.339 e. The molecule has 1 aromatic rings. The van der Waals surface area contributed by atoms with Gasteiger partial charge in [-0.1, -0.05) is 57.5 Å². The Bertz CT molecular complexity index is 299. The van der Waals surface area contributed by atoms with Crippen LogP contribution < -0.4 is 5.32 Å². The maximum absolute atomic E-state index is 5.21. The predicted octanol–water partition coefficient (Wildman–Crippen LogP) is 3.47. The molecule has 0 atom stereocenters. The maximum atomic E-state index is 5.21. The fraction of sp³-hybridized carbons (Fsp3) is 0.857. The minimum absolute atomic E-state index is 0.705. The highest BCUT2D eigenvalue weighted by molar-refractivity contribution is 4.85. The van der Waals surface area contributed by atoms with Gasteiger partial charge in [-0.3, -0.25) is 0 Å². The molecule has 1 heterocycles. The molecule has 0 saturated carbocycles. The molecule has 104 valence electrons. The highest BCUT2D eigenvalue weighted by Crippen LogP contribution is 2.09. The number of nitrogens with zero attached hydrogens (tertiary/aromatic N) is 2. The Morgan fingerprint density at radius 2 is 1.72 bits per heavy atom. The highest BCUT2D eigenvalue weighted by Gasteiger charge is 2.04. The zero-order valence-electron chi connectivity index (χ0n) is 11.9. The minimum Gasteiger partial charge on any atom is -0.339 e. The lowest BCUT2D eigenvalue weighted by molar-refractivity contribution is 0.367. The molecule has 1 N–H and O–H groups in total. The van der Waals surface area contributed by atoms with Gasteiger partial charge in [-0.2, -0.15) is 4.98 Å². The second-order valence-electron chi connectivity index (χ2n) is 4.76. The van der Waals surface area contributed by atoms with Crippen molar-refractivity contribution in [1.29, 1.82) is 0 Å². The van der Waals surface area contributed by atoms with Crippen LogP contribution in [0.3, 0.4) is 0 Å². The zero-order valence-corrected chi connectivity index (χ0v) is 11.9. The molecule has 1 rings (SSSR count). The Morgan fingerprint density at radius 1 is 1.00 bits per heavy atom. The van der Waals surface area contributed by atoms with Crippen molar-refractivity contribution in [3.8, 4) is 0 Å². The summed E-state index contributed by atoms with van der Waals surface area (Å²) >= 11 is 0. The topological polar surface area (TPSA) is 51.0 Å². The van der Waals surface area contributed by atoms with Gasteiger partial charge < -0.3 is 9.84 Å². The summed E-state index contributed by atoms with van der Waals surface area (Å²) in [4.78, 5) is 4.35. The lowest BCUT2D eigenvalue weighted by atomic mass is 10.1. The molecule has 0 unspecified atom stereocenters. The molecule has 0 bridgehead atoms. The fourth-order valence-corrected chi connectivity index (χ4v) is 1.93. The van der Waals surface area contributed by atoms with Crippen molar-refractivity contribution >= 4 is 0 Å². The SMILES string of the molecule is CCCCCCCCCc1nc(CNCC)no1. The molecule has 0 aromatic carbocycles. The third-order valence-corrected chi connectivity index (χ3v) is 3.04. The molecule has 0 aliphatic heterocycles. The number of hydrogen-bond acceptors (Lipinski definition) is 4. The molecular weight excluding hydrogens is 226 g/mol. The van der Waals surface area contributed by atoms with Crippen molar-refractivity contribution in [3.05, 3.63) is 11.7 Å². The third-order valence-electron chi connectivity index (χ3n) is 3.04. The zero-order chi connectivity index (χ0) is 13.1. The molecule has 0 aliphatic rings. The number of hydrogen-bond donors (Lipinski definition) is 1. The van der Waals surface area contributed by atoms with E-state index in [1.807, 2.05) is 0 Å². The van der Waals surface area contributed by atoms with Crippen LogP contribution in [0.1, 0.15) is 70.5 Å². The summed E-state index contributed by atoms with van der Waals surface area (Å²) in [6, 6.07) is 0. The van der Waals surface area contributed by atoms with Crippen LogP contribution >= 0.6 is 0 Å². The normalized spacial score (nSPS) is 11.0. The molecule has 1 aromatic heterocycles. The Balaban J connectivity index is 2.03. The Kier molecular flexibility index (Phi) is 8.47. The van der Waals surface area contributed by atoms with E-state index in [1.165, 1.54) is 38.5 Å². The lowest BCUT2D eigenvalue weighted by Gasteiger charge is -1.98. The van der Waals surface area contributed by atoms with Crippen LogP contribution in [0.15, 0.2) is 4.52 Å². The van der Waals surface area contributed by atoms with Crippen molar-refractivity contribution in [2.24, 2.45) is 0 Å². The summed E-state index contributed by atoms with van der Waals surface area (Å²) in [7, 11) is 0. The summed E-state index contributed by atoms with van der Waals surface area (Å²) in [5.41, 5.74) is 0. The molecule has 4 heteroatoms. The predicted molar refractivity (Wildman–Crippen MR) is 73.4 cm³/mol. The number of aryl methyl sites for hydroxylation is 1. The first-order valence-corrected chi connectivity index (χ1v) is 7.39. The van der Waals surface area contributed by atoms with Gasteiger partial charge in [-0.15, -0.1) is 0 Å². The number of nitrogens with one attached hydrogen (secondary N) is 1. The van der Waals surface area contributed by atoms with E-state index in [0.29, 0.717) is 6.54 Å². The molecule has 0 amide bonds. The van der Waals surface area contributed by atoms with Crippen LogP contribution in [-0.2, 0) is 13.0 Å². The van der Waals surface area contributed by atoms with E-state index in [4.69, 9.17) is 4.52 Å². The Labute approximate surface area is 111 Å². The summed E-state index contributed by atoms with van der Waals surface area (Å²) in [5.74, 6) is 1.56. The summed E-state index contributed by atoms with van der Waals surface area (Å²) in [5, 5.41) is 7.13. The molecule has 4 nitrogen and oxygen atoms in total. The number of aromatic nitrogens is 2. The molecule has 0 fully saturated rings. The van der Waals surface area contributed by atoms with Crippen LogP contribution in [-0.4, -0.2) is 16.7 Å². The van der Waals surface area contributed by atoms with E-state index in [1.54, 1.807) is 0 Å². The summed E-state index contributed by atoms with van der Waals surface area (Å²) in [6.07, 6.45) is 10.1. The lowest BCUT2D eigenvalue weighted by Crippen LogP contribution is -2.12. The van der Waals surface area contributed by atoms with Gasteiger partial charge in [-0.25, -0.2) is 0 Å². The van der Waals surface area contributed by atoms with Crippen LogP contribution in [0.2, 0.25) is 0 Å². The number of unbranched alkanes of at least 4 members (excludes halogenated alkanes) is 6. The summed E-state index contributed by atoms with van der Waals surface area (Å²) in [6.45, 7) is 5.96. The fourth-order valence-electron chi connectivity index (χ4n) is 1.93. The van der Waals surface area contributed by atoms with Crippen molar-refractivity contribution < 1.29 is 4.52 Å². The first-order valence-electron chi connectivity index (χ1n) is 7.39. The van der Waals surface area contributed by atoms with Gasteiger partial charge in [0.15, 0.2) is 5.82 Å². The van der Waals surface area contributed by atoms with E-state index in [2.05, 4.69) is 29.3 Å². The number of rotatable bonds is 11. The molecular formula is C14H27N3O. The maximum Gasteiger partial charge on any atom is 0.226 e. The standard InChI is InChI=1S/C14H27N3O/c1-3-5-6-7-8-9-10-11-14-16-13(17-18-14)12-15-4-2/h15H,3-12H2,1-2H3. The smallest absolute Gasteiger partial charge is 0.226 e. The van der Waals surface area contributed by atoms with Gasteiger partial charge in [0.2, 0.25) is 5.89 Å². The molecule has 0 saturated heterocycles. The van der Waals surface area contributed by atoms with E-state index in [0.717, 1.165) is 31.1 Å². The van der Waals surface area contributed by atoms with Crippen molar-refractivity contribution in [2.75, 3.05) is 6.54 Å². The second-order valence-corrected chi connectivity index (χ2v) is 4.76. The van der Waals surface area contributed by atoms with Crippen molar-refractivity contribution in [2.45, 2.75) is 71.8 Å². The van der Waals surface area contributed by atoms with Crippen LogP contribution in [0.25, 0.3) is 0 Å². The van der Waals surface area contributed by atoms with Gasteiger partial charge in [-0.05, 0) is 13.0 Å². The molecule has 0 aliphatic carbocycles. The van der Waals surface area contributed by atoms with Crippen molar-refractivity contribution in [3.63, 3.8) is 0 Å². The quantitative estimate of drug-likeness (QED) is 0.613. The van der Waals surface area contributed by atoms with Gasteiger partial charge in [0.1, 0.15) is 0 Å². The molecule has 18 heavy (non-hydrogen) atoms. The van der Waals surface area contributed by atoms with Gasteiger partial charge in [0, 0.05) is 6.42 Å². The average molecular weight is 253 g/mol. The minimum atomic E-state index is 0.705. The monoisotopic (exact) mass is 253 g/mol. The highest BCUT2D eigenvalue weighted by atomic mass is 16.5. The first-order chi connectivity index (χ1) is 8.86. The Morgan fingerprint density at radius 3 is 2.44 bits per heavy atom. The Hall–Kier alpha value is -0.900. The molecule has 0 radical (unpaired) electrons. The van der Waals surface area contributed by atoms with Crippen LogP contribution in [0.4, 0.5) is 0 Å². The van der Waals surface area contributed by atoms with Crippen LogP contribution in [0, 0.1) is 0 Å². The van der Waals surface area contributed by atoms with E-state index in [9.17, 15) is 0 Å². The van der Waals surface area contributed by atoms with E-state index in [-0.39, 0.29) is 0 Å². The van der Waals surface area contributed by atoms with Gasteiger partial charge in [0.25, 0.3) is 0 Å². The van der Waals surface area contributed by atoms with Gasteiger partial charge in [0.05, 0.1) is 6.54 Å².